The largest absolute Gasteiger partial charge is 0.398 e. The molecule has 1 aromatic rings. The summed E-state index contributed by atoms with van der Waals surface area (Å²) >= 11 is 1.88. The van der Waals surface area contributed by atoms with Crippen LogP contribution in [0.4, 0.5) is 10.1 Å². The van der Waals surface area contributed by atoms with Gasteiger partial charge in [0, 0.05) is 28.1 Å². The Balaban J connectivity index is 2.08. The van der Waals surface area contributed by atoms with Crippen LogP contribution in [0.5, 0.6) is 0 Å². The molecular formula is C15H21FN2OS. The Hall–Kier alpha value is -1.23. The highest BCUT2D eigenvalue weighted by atomic mass is 32.2. The SMILES string of the molecule is CCSC1CCCC1NC(=O)c1cc(N)c(C)c(F)c1. The van der Waals surface area contributed by atoms with Gasteiger partial charge in [-0.2, -0.15) is 11.8 Å². The Kier molecular flexibility index (Phi) is 4.91. The molecule has 2 rings (SSSR count). The summed E-state index contributed by atoms with van der Waals surface area (Å²) in [6, 6.07) is 2.99. The zero-order valence-corrected chi connectivity index (χ0v) is 12.7. The van der Waals surface area contributed by atoms with Gasteiger partial charge in [-0.3, -0.25) is 4.79 Å². The lowest BCUT2D eigenvalue weighted by Gasteiger charge is -2.20. The van der Waals surface area contributed by atoms with Gasteiger partial charge in [0.15, 0.2) is 0 Å². The summed E-state index contributed by atoms with van der Waals surface area (Å²) in [6.45, 7) is 3.73. The average Bonchev–Trinajstić information content (AvgIpc) is 2.83. The fourth-order valence-electron chi connectivity index (χ4n) is 2.59. The Labute approximate surface area is 123 Å². The second-order valence-electron chi connectivity index (χ2n) is 5.18. The Bertz CT molecular complexity index is 484. The lowest BCUT2D eigenvalue weighted by molar-refractivity contribution is 0.0938. The molecule has 3 nitrogen and oxygen atoms in total. The van der Waals surface area contributed by atoms with E-state index in [0.29, 0.717) is 22.1 Å². The fourth-order valence-corrected chi connectivity index (χ4v) is 3.79. The predicted octanol–water partition coefficient (Wildman–Crippen LogP) is 3.12. The van der Waals surface area contributed by atoms with Gasteiger partial charge in [0.2, 0.25) is 0 Å². The summed E-state index contributed by atoms with van der Waals surface area (Å²) in [5.41, 5.74) is 6.73. The number of amides is 1. The van der Waals surface area contributed by atoms with E-state index in [1.165, 1.54) is 6.07 Å². The lowest BCUT2D eigenvalue weighted by Crippen LogP contribution is -2.38. The summed E-state index contributed by atoms with van der Waals surface area (Å²) in [7, 11) is 0. The number of thioether (sulfide) groups is 1. The number of hydrogen-bond donors (Lipinski definition) is 2. The molecule has 0 radical (unpaired) electrons. The van der Waals surface area contributed by atoms with Crippen LogP contribution in [0.1, 0.15) is 42.1 Å². The molecule has 0 aromatic heterocycles. The van der Waals surface area contributed by atoms with Crippen molar-refractivity contribution in [2.45, 2.75) is 44.4 Å². The highest BCUT2D eigenvalue weighted by molar-refractivity contribution is 7.99. The first-order chi connectivity index (χ1) is 9.52. The molecule has 0 aliphatic heterocycles. The van der Waals surface area contributed by atoms with Crippen LogP contribution in [0.3, 0.4) is 0 Å². The van der Waals surface area contributed by atoms with Gasteiger partial charge in [0.1, 0.15) is 5.82 Å². The third-order valence-electron chi connectivity index (χ3n) is 3.80. The van der Waals surface area contributed by atoms with Crippen molar-refractivity contribution in [1.29, 1.82) is 0 Å². The first-order valence-electron chi connectivity index (χ1n) is 7.01. The standard InChI is InChI=1S/C15H21FN2OS/c1-3-20-14-6-4-5-13(14)18-15(19)10-7-11(16)9(2)12(17)8-10/h7-8,13-14H,3-6,17H2,1-2H3,(H,18,19). The second-order valence-corrected chi connectivity index (χ2v) is 6.69. The number of carbonyl (C=O) groups is 1. The quantitative estimate of drug-likeness (QED) is 0.839. The van der Waals surface area contributed by atoms with Gasteiger partial charge in [-0.05, 0) is 37.7 Å². The van der Waals surface area contributed by atoms with Crippen LogP contribution < -0.4 is 11.1 Å². The number of hydrogen-bond acceptors (Lipinski definition) is 3. The van der Waals surface area contributed by atoms with Crippen molar-refractivity contribution in [2.24, 2.45) is 0 Å². The number of benzene rings is 1. The summed E-state index contributed by atoms with van der Waals surface area (Å²) in [6.07, 6.45) is 3.26. The van der Waals surface area contributed by atoms with Crippen molar-refractivity contribution in [1.82, 2.24) is 5.32 Å². The Morgan fingerprint density at radius 3 is 2.90 bits per heavy atom. The number of anilines is 1. The van der Waals surface area contributed by atoms with E-state index in [4.69, 9.17) is 5.73 Å². The van der Waals surface area contributed by atoms with Gasteiger partial charge in [0.25, 0.3) is 5.91 Å². The summed E-state index contributed by atoms with van der Waals surface area (Å²) in [4.78, 5) is 12.2. The molecule has 0 bridgehead atoms. The first kappa shape index (κ1) is 15.2. The van der Waals surface area contributed by atoms with Crippen molar-refractivity contribution in [3.8, 4) is 0 Å². The topological polar surface area (TPSA) is 55.1 Å². The number of nitrogens with one attached hydrogen (secondary N) is 1. The molecule has 1 aliphatic carbocycles. The van der Waals surface area contributed by atoms with Crippen LogP contribution >= 0.6 is 11.8 Å². The zero-order valence-electron chi connectivity index (χ0n) is 11.9. The molecule has 5 heteroatoms. The maximum Gasteiger partial charge on any atom is 0.251 e. The van der Waals surface area contributed by atoms with Gasteiger partial charge in [-0.1, -0.05) is 13.3 Å². The monoisotopic (exact) mass is 296 g/mol. The van der Waals surface area contributed by atoms with E-state index in [1.807, 2.05) is 11.8 Å². The van der Waals surface area contributed by atoms with Crippen LogP contribution in [0, 0.1) is 12.7 Å². The first-order valence-corrected chi connectivity index (χ1v) is 8.06. The number of nitrogens with two attached hydrogens (primary N) is 1. The predicted molar refractivity (Wildman–Crippen MR) is 82.6 cm³/mol. The maximum absolute atomic E-state index is 13.6. The van der Waals surface area contributed by atoms with E-state index < -0.39 is 5.82 Å². The number of halogens is 1. The van der Waals surface area contributed by atoms with Crippen LogP contribution in [-0.4, -0.2) is 23.0 Å². The van der Waals surface area contributed by atoms with E-state index in [1.54, 1.807) is 13.0 Å². The van der Waals surface area contributed by atoms with E-state index in [9.17, 15) is 9.18 Å². The van der Waals surface area contributed by atoms with Crippen molar-refractivity contribution in [2.75, 3.05) is 11.5 Å². The smallest absolute Gasteiger partial charge is 0.251 e. The van der Waals surface area contributed by atoms with Crippen LogP contribution in [0.2, 0.25) is 0 Å². The molecule has 0 heterocycles. The molecule has 20 heavy (non-hydrogen) atoms. The molecule has 0 spiro atoms. The molecule has 0 saturated heterocycles. The number of carbonyl (C=O) groups excluding carboxylic acids is 1. The van der Waals surface area contributed by atoms with Crippen molar-refractivity contribution >= 4 is 23.4 Å². The average molecular weight is 296 g/mol. The van der Waals surface area contributed by atoms with E-state index in [2.05, 4.69) is 12.2 Å². The molecule has 2 unspecified atom stereocenters. The van der Waals surface area contributed by atoms with Crippen LogP contribution in [0.25, 0.3) is 0 Å². The third kappa shape index (κ3) is 3.26. The molecular weight excluding hydrogens is 275 g/mol. The lowest BCUT2D eigenvalue weighted by atomic mass is 10.1. The summed E-state index contributed by atoms with van der Waals surface area (Å²) in [5.74, 6) is 0.383. The van der Waals surface area contributed by atoms with Crippen LogP contribution in [-0.2, 0) is 0 Å². The fraction of sp³-hybridized carbons (Fsp3) is 0.533. The van der Waals surface area contributed by atoms with Gasteiger partial charge in [0.05, 0.1) is 0 Å². The minimum atomic E-state index is -0.430. The Morgan fingerprint density at radius 2 is 2.25 bits per heavy atom. The molecule has 1 aromatic carbocycles. The molecule has 1 saturated carbocycles. The third-order valence-corrected chi connectivity index (χ3v) is 5.12. The van der Waals surface area contributed by atoms with Crippen LogP contribution in [0.15, 0.2) is 12.1 Å². The molecule has 1 amide bonds. The van der Waals surface area contributed by atoms with Gasteiger partial charge in [-0.15, -0.1) is 0 Å². The van der Waals surface area contributed by atoms with E-state index in [-0.39, 0.29) is 11.9 Å². The minimum Gasteiger partial charge on any atom is -0.398 e. The maximum atomic E-state index is 13.6. The highest BCUT2D eigenvalue weighted by Crippen LogP contribution is 2.30. The molecule has 110 valence electrons. The van der Waals surface area contributed by atoms with Gasteiger partial charge in [-0.25, -0.2) is 4.39 Å². The zero-order chi connectivity index (χ0) is 14.7. The Morgan fingerprint density at radius 1 is 1.50 bits per heavy atom. The molecule has 1 aliphatic rings. The summed E-state index contributed by atoms with van der Waals surface area (Å²) < 4.78 is 13.6. The molecule has 1 fully saturated rings. The van der Waals surface area contributed by atoms with E-state index >= 15 is 0 Å². The second kappa shape index (κ2) is 6.48. The molecule has 2 atom stereocenters. The normalized spacial score (nSPS) is 21.9. The van der Waals surface area contributed by atoms with Crippen molar-refractivity contribution in [3.63, 3.8) is 0 Å². The highest BCUT2D eigenvalue weighted by Gasteiger charge is 2.28. The minimum absolute atomic E-state index is 0.179. The summed E-state index contributed by atoms with van der Waals surface area (Å²) in [5, 5.41) is 3.49. The van der Waals surface area contributed by atoms with Crippen molar-refractivity contribution < 1.29 is 9.18 Å². The number of nitrogen functional groups attached to an aromatic ring is 1. The van der Waals surface area contributed by atoms with Gasteiger partial charge >= 0.3 is 0 Å². The van der Waals surface area contributed by atoms with Gasteiger partial charge < -0.3 is 11.1 Å². The van der Waals surface area contributed by atoms with Crippen molar-refractivity contribution in [3.05, 3.63) is 29.1 Å². The number of rotatable bonds is 4. The molecule has 3 N–H and O–H groups in total. The van der Waals surface area contributed by atoms with E-state index in [0.717, 1.165) is 25.0 Å².